The highest BCUT2D eigenvalue weighted by molar-refractivity contribution is 5.36. The van der Waals surface area contributed by atoms with Gasteiger partial charge < -0.3 is 5.11 Å². The Morgan fingerprint density at radius 3 is 2.32 bits per heavy atom. The van der Waals surface area contributed by atoms with Crippen LogP contribution in [0.15, 0.2) is 30.4 Å². The second-order valence-electron chi connectivity index (χ2n) is 8.09. The minimum atomic E-state index is -4.37. The normalized spacial score (nSPS) is 16.9. The van der Waals surface area contributed by atoms with Crippen LogP contribution in [-0.4, -0.2) is 17.9 Å². The van der Waals surface area contributed by atoms with E-state index in [-0.39, 0.29) is 0 Å². The fourth-order valence-corrected chi connectivity index (χ4v) is 3.88. The molecule has 0 spiro atoms. The number of aryl methyl sites for hydroxylation is 1. The van der Waals surface area contributed by atoms with Crippen LogP contribution in [0.3, 0.4) is 0 Å². The van der Waals surface area contributed by atoms with Crippen molar-refractivity contribution in [2.45, 2.75) is 84.5 Å². The molecular weight excluding hydrogens is 363 g/mol. The Labute approximate surface area is 168 Å². The predicted octanol–water partition coefficient (Wildman–Crippen LogP) is 6.36. The molecule has 0 aliphatic rings. The van der Waals surface area contributed by atoms with Gasteiger partial charge in [0.2, 0.25) is 0 Å². The van der Waals surface area contributed by atoms with E-state index in [4.69, 9.17) is 0 Å². The van der Waals surface area contributed by atoms with Crippen molar-refractivity contribution in [1.82, 2.24) is 5.32 Å². The third kappa shape index (κ3) is 7.59. The zero-order valence-electron chi connectivity index (χ0n) is 17.9. The molecule has 160 valence electrons. The van der Waals surface area contributed by atoms with E-state index in [1.807, 2.05) is 26.0 Å². The molecule has 0 amide bonds. The lowest BCUT2D eigenvalue weighted by Crippen LogP contribution is -2.42. The van der Waals surface area contributed by atoms with Gasteiger partial charge in [-0.05, 0) is 70.1 Å². The van der Waals surface area contributed by atoms with E-state index in [1.165, 1.54) is 12.1 Å². The molecule has 0 heterocycles. The number of nitrogens with one attached hydrogen (secondary N) is 1. The maximum atomic E-state index is 13.4. The first-order chi connectivity index (χ1) is 13.0. The Morgan fingerprint density at radius 1 is 1.14 bits per heavy atom. The minimum Gasteiger partial charge on any atom is -0.379 e. The van der Waals surface area contributed by atoms with Crippen LogP contribution in [0.4, 0.5) is 13.2 Å². The van der Waals surface area contributed by atoms with Gasteiger partial charge in [0, 0.05) is 12.0 Å². The van der Waals surface area contributed by atoms with Gasteiger partial charge >= 0.3 is 6.18 Å². The number of halogens is 3. The third-order valence-corrected chi connectivity index (χ3v) is 5.47. The molecule has 5 heteroatoms. The number of rotatable bonds is 11. The number of aliphatic hydroxyl groups excluding tert-OH is 1. The number of hydrogen-bond donors (Lipinski definition) is 2. The molecule has 2 N–H and O–H groups in total. The van der Waals surface area contributed by atoms with Gasteiger partial charge in [-0.2, -0.15) is 13.2 Å². The van der Waals surface area contributed by atoms with Gasteiger partial charge in [0.05, 0.1) is 5.56 Å². The summed E-state index contributed by atoms with van der Waals surface area (Å²) < 4.78 is 40.2. The summed E-state index contributed by atoms with van der Waals surface area (Å²) in [5, 5.41) is 12.8. The predicted molar refractivity (Wildman–Crippen MR) is 110 cm³/mol. The van der Waals surface area contributed by atoms with Crippen molar-refractivity contribution in [3.05, 3.63) is 47.0 Å². The molecule has 1 rings (SSSR count). The van der Waals surface area contributed by atoms with Crippen molar-refractivity contribution in [3.8, 4) is 0 Å². The highest BCUT2D eigenvalue weighted by atomic mass is 19.4. The average molecular weight is 400 g/mol. The van der Waals surface area contributed by atoms with E-state index in [0.717, 1.165) is 25.7 Å². The van der Waals surface area contributed by atoms with Gasteiger partial charge in [0.15, 0.2) is 0 Å². The van der Waals surface area contributed by atoms with Crippen molar-refractivity contribution in [2.24, 2.45) is 5.92 Å². The molecular formula is C23H36F3NO. The van der Waals surface area contributed by atoms with Crippen molar-refractivity contribution in [2.75, 3.05) is 6.54 Å². The molecule has 0 aliphatic heterocycles. The summed E-state index contributed by atoms with van der Waals surface area (Å²) in [5.74, 6) is 0.371. The van der Waals surface area contributed by atoms with E-state index >= 15 is 0 Å². The lowest BCUT2D eigenvalue weighted by atomic mass is 9.70. The van der Waals surface area contributed by atoms with Crippen molar-refractivity contribution in [1.29, 1.82) is 0 Å². The molecule has 0 aliphatic carbocycles. The number of aliphatic hydroxyl groups is 1. The monoisotopic (exact) mass is 399 g/mol. The fourth-order valence-electron chi connectivity index (χ4n) is 3.88. The van der Waals surface area contributed by atoms with Gasteiger partial charge in [-0.25, -0.2) is 0 Å². The Balaban J connectivity index is 3.21. The summed E-state index contributed by atoms with van der Waals surface area (Å²) in [6, 6.07) is 4.37. The van der Waals surface area contributed by atoms with Crippen LogP contribution in [0.5, 0.6) is 0 Å². The zero-order valence-corrected chi connectivity index (χ0v) is 17.9. The van der Waals surface area contributed by atoms with Crippen molar-refractivity contribution < 1.29 is 18.3 Å². The maximum Gasteiger partial charge on any atom is 0.416 e. The molecule has 3 atom stereocenters. The van der Waals surface area contributed by atoms with Gasteiger partial charge in [0.25, 0.3) is 0 Å². The highest BCUT2D eigenvalue weighted by Gasteiger charge is 2.36. The molecule has 0 aromatic heterocycles. The smallest absolute Gasteiger partial charge is 0.379 e. The molecule has 0 radical (unpaired) electrons. The Kier molecular flexibility index (Phi) is 9.72. The first-order valence-electron chi connectivity index (χ1n) is 10.3. The van der Waals surface area contributed by atoms with Crippen LogP contribution < -0.4 is 5.32 Å². The standard InChI is InChI=1S/C23H36F3NO/c1-6-8-9-10-11-17(3)15-22(7-2,16-27-19(5)28)20-12-18(4)13-21(14-20)23(24,25)26/h6,8,12-14,17,19,27-28H,7,9-11,15-16H2,1-5H3. The highest BCUT2D eigenvalue weighted by Crippen LogP contribution is 2.39. The molecule has 2 nitrogen and oxygen atoms in total. The van der Waals surface area contributed by atoms with Crippen molar-refractivity contribution in [3.63, 3.8) is 0 Å². The Morgan fingerprint density at radius 2 is 1.79 bits per heavy atom. The van der Waals surface area contributed by atoms with Gasteiger partial charge in [-0.1, -0.05) is 44.1 Å². The summed E-state index contributed by atoms with van der Waals surface area (Å²) in [6.45, 7) is 9.99. The zero-order chi connectivity index (χ0) is 21.4. The van der Waals surface area contributed by atoms with Crippen LogP contribution in [0.2, 0.25) is 0 Å². The first-order valence-corrected chi connectivity index (χ1v) is 10.3. The third-order valence-electron chi connectivity index (χ3n) is 5.47. The van der Waals surface area contributed by atoms with E-state index in [0.29, 0.717) is 30.0 Å². The number of allylic oxidation sites excluding steroid dienone is 2. The van der Waals surface area contributed by atoms with E-state index in [1.54, 1.807) is 13.8 Å². The lowest BCUT2D eigenvalue weighted by molar-refractivity contribution is -0.137. The summed E-state index contributed by atoms with van der Waals surface area (Å²) in [7, 11) is 0. The van der Waals surface area contributed by atoms with Crippen LogP contribution in [0, 0.1) is 12.8 Å². The molecule has 28 heavy (non-hydrogen) atoms. The van der Waals surface area contributed by atoms with E-state index in [2.05, 4.69) is 18.3 Å². The fraction of sp³-hybridized carbons (Fsp3) is 0.652. The van der Waals surface area contributed by atoms with Gasteiger partial charge in [0.1, 0.15) is 6.23 Å². The molecule has 1 aromatic carbocycles. The largest absolute Gasteiger partial charge is 0.416 e. The molecule has 0 saturated carbocycles. The molecule has 0 fully saturated rings. The topological polar surface area (TPSA) is 32.3 Å². The molecule has 0 bridgehead atoms. The molecule has 3 unspecified atom stereocenters. The molecule has 1 aromatic rings. The lowest BCUT2D eigenvalue weighted by Gasteiger charge is -2.37. The van der Waals surface area contributed by atoms with Crippen LogP contribution >= 0.6 is 0 Å². The summed E-state index contributed by atoms with van der Waals surface area (Å²) in [4.78, 5) is 0. The van der Waals surface area contributed by atoms with Crippen molar-refractivity contribution >= 4 is 0 Å². The van der Waals surface area contributed by atoms with Gasteiger partial charge in [-0.15, -0.1) is 0 Å². The second kappa shape index (κ2) is 11.0. The number of unbranched alkanes of at least 4 members (excludes halogenated alkanes) is 1. The number of benzene rings is 1. The Hall–Kier alpha value is -1.33. The average Bonchev–Trinajstić information content (AvgIpc) is 2.61. The SMILES string of the molecule is CC=CCCCC(C)CC(CC)(CNC(C)O)c1cc(C)cc(C(F)(F)F)c1. The minimum absolute atomic E-state index is 0.371. The van der Waals surface area contributed by atoms with Crippen LogP contribution in [-0.2, 0) is 11.6 Å². The quantitative estimate of drug-likeness (QED) is 0.258. The summed E-state index contributed by atoms with van der Waals surface area (Å²) >= 11 is 0. The van der Waals surface area contributed by atoms with Gasteiger partial charge in [-0.3, -0.25) is 5.32 Å². The van der Waals surface area contributed by atoms with E-state index in [9.17, 15) is 18.3 Å². The number of alkyl halides is 3. The maximum absolute atomic E-state index is 13.4. The second-order valence-corrected chi connectivity index (χ2v) is 8.09. The number of hydrogen-bond acceptors (Lipinski definition) is 2. The molecule has 0 saturated heterocycles. The Bertz CT molecular complexity index is 625. The van der Waals surface area contributed by atoms with Crippen LogP contribution in [0.1, 0.15) is 76.5 Å². The summed E-state index contributed by atoms with van der Waals surface area (Å²) in [6.07, 6.45) is 3.71. The first kappa shape index (κ1) is 24.7. The van der Waals surface area contributed by atoms with E-state index < -0.39 is 23.4 Å². The van der Waals surface area contributed by atoms with Crippen LogP contribution in [0.25, 0.3) is 0 Å². The summed E-state index contributed by atoms with van der Waals surface area (Å²) in [5.41, 5.74) is 0.262.